The Morgan fingerprint density at radius 3 is 2.48 bits per heavy atom. The molecular formula is C23H30. The fraction of sp³-hybridized carbons (Fsp3) is 0.391. The maximum atomic E-state index is 4.32. The second-order valence-corrected chi connectivity index (χ2v) is 6.57. The maximum absolute atomic E-state index is 4.32. The number of benzene rings is 2. The smallest absolute Gasteiger partial charge is 0.00231 e. The first-order chi connectivity index (χ1) is 11.2. The normalized spacial score (nSPS) is 10.7. The Labute approximate surface area is 142 Å². The molecule has 0 aromatic heterocycles. The summed E-state index contributed by atoms with van der Waals surface area (Å²) >= 11 is 0. The summed E-state index contributed by atoms with van der Waals surface area (Å²) < 4.78 is 0. The van der Waals surface area contributed by atoms with E-state index in [1.807, 2.05) is 0 Å². The summed E-state index contributed by atoms with van der Waals surface area (Å²) in [6.07, 6.45) is 8.83. The van der Waals surface area contributed by atoms with Gasteiger partial charge in [-0.3, -0.25) is 0 Å². The molecule has 0 bridgehead atoms. The van der Waals surface area contributed by atoms with Crippen LogP contribution >= 0.6 is 0 Å². The first kappa shape index (κ1) is 17.5. The first-order valence-electron chi connectivity index (χ1n) is 9.02. The Balaban J connectivity index is 1.93. The molecule has 0 saturated carbocycles. The van der Waals surface area contributed by atoms with Crippen LogP contribution in [0.2, 0.25) is 0 Å². The number of allylic oxidation sites excluding steroid dienone is 1. The van der Waals surface area contributed by atoms with Crippen molar-refractivity contribution in [3.63, 3.8) is 0 Å². The molecule has 0 aliphatic rings. The molecule has 0 heteroatoms. The summed E-state index contributed by atoms with van der Waals surface area (Å²) in [5.41, 5.74) is 6.68. The molecule has 2 rings (SSSR count). The Morgan fingerprint density at radius 1 is 0.913 bits per heavy atom. The number of unbranched alkanes of at least 4 members (excludes halogenated alkanes) is 4. The molecule has 2 aromatic carbocycles. The van der Waals surface area contributed by atoms with E-state index in [1.165, 1.54) is 66.4 Å². The van der Waals surface area contributed by atoms with Gasteiger partial charge in [0.15, 0.2) is 0 Å². The lowest BCUT2D eigenvalue weighted by Gasteiger charge is -2.10. The molecule has 0 spiro atoms. The van der Waals surface area contributed by atoms with Crippen LogP contribution in [0.4, 0.5) is 0 Å². The van der Waals surface area contributed by atoms with Crippen molar-refractivity contribution >= 4 is 5.57 Å². The molecule has 122 valence electrons. The Bertz CT molecular complexity index is 621. The van der Waals surface area contributed by atoms with E-state index >= 15 is 0 Å². The van der Waals surface area contributed by atoms with E-state index in [-0.39, 0.29) is 0 Å². The fourth-order valence-electron chi connectivity index (χ4n) is 3.02. The van der Waals surface area contributed by atoms with Gasteiger partial charge in [0.05, 0.1) is 0 Å². The molecular weight excluding hydrogens is 276 g/mol. The summed E-state index contributed by atoms with van der Waals surface area (Å²) in [5.74, 6) is 0. The molecule has 0 heterocycles. The molecule has 0 unspecified atom stereocenters. The Kier molecular flexibility index (Phi) is 7.13. The van der Waals surface area contributed by atoms with Crippen LogP contribution in [0.5, 0.6) is 0 Å². The first-order valence-corrected chi connectivity index (χ1v) is 9.02. The number of aryl methyl sites for hydroxylation is 2. The van der Waals surface area contributed by atoms with Crippen molar-refractivity contribution in [1.29, 1.82) is 0 Å². The predicted octanol–water partition coefficient (Wildman–Crippen LogP) is 6.76. The van der Waals surface area contributed by atoms with E-state index in [1.54, 1.807) is 0 Å². The summed E-state index contributed by atoms with van der Waals surface area (Å²) in [5, 5.41) is 0. The lowest BCUT2D eigenvalue weighted by molar-refractivity contribution is 0.632. The molecule has 0 saturated heterocycles. The van der Waals surface area contributed by atoms with Crippen LogP contribution in [0.25, 0.3) is 5.57 Å². The predicted molar refractivity (Wildman–Crippen MR) is 103 cm³/mol. The average molecular weight is 306 g/mol. The van der Waals surface area contributed by atoms with Gasteiger partial charge in [0.2, 0.25) is 0 Å². The van der Waals surface area contributed by atoms with Gasteiger partial charge in [-0.1, -0.05) is 87.7 Å². The second kappa shape index (κ2) is 9.35. The Morgan fingerprint density at radius 2 is 1.70 bits per heavy atom. The van der Waals surface area contributed by atoms with Gasteiger partial charge in [0, 0.05) is 0 Å². The average Bonchev–Trinajstić information content (AvgIpc) is 2.57. The third-order valence-corrected chi connectivity index (χ3v) is 4.57. The SMILES string of the molecule is C=C(Cc1ccccc1C)c1cccc(CCCCCCC)c1. The third kappa shape index (κ3) is 5.71. The van der Waals surface area contributed by atoms with Gasteiger partial charge in [-0.15, -0.1) is 0 Å². The van der Waals surface area contributed by atoms with Crippen molar-refractivity contribution in [1.82, 2.24) is 0 Å². The third-order valence-electron chi connectivity index (χ3n) is 4.57. The van der Waals surface area contributed by atoms with Gasteiger partial charge in [-0.2, -0.15) is 0 Å². The van der Waals surface area contributed by atoms with Gasteiger partial charge in [-0.25, -0.2) is 0 Å². The lowest BCUT2D eigenvalue weighted by atomic mass is 9.95. The van der Waals surface area contributed by atoms with Crippen molar-refractivity contribution in [2.75, 3.05) is 0 Å². The zero-order chi connectivity index (χ0) is 16.5. The van der Waals surface area contributed by atoms with Crippen molar-refractivity contribution < 1.29 is 0 Å². The van der Waals surface area contributed by atoms with Crippen molar-refractivity contribution in [2.24, 2.45) is 0 Å². The van der Waals surface area contributed by atoms with Crippen molar-refractivity contribution in [2.45, 2.75) is 58.8 Å². The van der Waals surface area contributed by atoms with Crippen LogP contribution in [0.3, 0.4) is 0 Å². The second-order valence-electron chi connectivity index (χ2n) is 6.57. The van der Waals surface area contributed by atoms with E-state index in [9.17, 15) is 0 Å². The van der Waals surface area contributed by atoms with E-state index in [0.29, 0.717) is 0 Å². The summed E-state index contributed by atoms with van der Waals surface area (Å²) in [6, 6.07) is 17.6. The van der Waals surface area contributed by atoms with Gasteiger partial charge in [-0.05, 0) is 54.0 Å². The van der Waals surface area contributed by atoms with Gasteiger partial charge in [0.25, 0.3) is 0 Å². The van der Waals surface area contributed by atoms with E-state index < -0.39 is 0 Å². The van der Waals surface area contributed by atoms with E-state index in [4.69, 9.17) is 0 Å². The molecule has 0 radical (unpaired) electrons. The molecule has 0 aliphatic carbocycles. The summed E-state index contributed by atoms with van der Waals surface area (Å²) in [7, 11) is 0. The Hall–Kier alpha value is -1.82. The highest BCUT2D eigenvalue weighted by atomic mass is 14.1. The zero-order valence-electron chi connectivity index (χ0n) is 14.8. The highest BCUT2D eigenvalue weighted by Gasteiger charge is 2.04. The molecule has 0 aliphatic heterocycles. The molecule has 23 heavy (non-hydrogen) atoms. The molecule has 0 atom stereocenters. The van der Waals surface area contributed by atoms with Gasteiger partial charge >= 0.3 is 0 Å². The minimum atomic E-state index is 0.937. The minimum absolute atomic E-state index is 0.937. The highest BCUT2D eigenvalue weighted by Crippen LogP contribution is 2.21. The van der Waals surface area contributed by atoms with Crippen LogP contribution in [-0.2, 0) is 12.8 Å². The summed E-state index contributed by atoms with van der Waals surface area (Å²) in [4.78, 5) is 0. The fourth-order valence-corrected chi connectivity index (χ4v) is 3.02. The molecule has 0 nitrogen and oxygen atoms in total. The van der Waals surface area contributed by atoms with Crippen LogP contribution < -0.4 is 0 Å². The number of rotatable bonds is 9. The van der Waals surface area contributed by atoms with Crippen molar-refractivity contribution in [3.05, 3.63) is 77.4 Å². The van der Waals surface area contributed by atoms with E-state index in [2.05, 4.69) is 69.0 Å². The number of hydrogen-bond acceptors (Lipinski definition) is 0. The highest BCUT2D eigenvalue weighted by molar-refractivity contribution is 5.66. The maximum Gasteiger partial charge on any atom is -0.00231 e. The number of hydrogen-bond donors (Lipinski definition) is 0. The molecule has 2 aromatic rings. The van der Waals surface area contributed by atoms with Crippen LogP contribution in [-0.4, -0.2) is 0 Å². The van der Waals surface area contributed by atoms with Gasteiger partial charge in [0.1, 0.15) is 0 Å². The molecule has 0 fully saturated rings. The van der Waals surface area contributed by atoms with Gasteiger partial charge < -0.3 is 0 Å². The summed E-state index contributed by atoms with van der Waals surface area (Å²) in [6.45, 7) is 8.77. The van der Waals surface area contributed by atoms with Crippen molar-refractivity contribution in [3.8, 4) is 0 Å². The standard InChI is InChI=1S/C23H30/c1-4-5-6-7-8-13-21-14-11-16-23(18-21)20(3)17-22-15-10-9-12-19(22)2/h9-12,14-16,18H,3-8,13,17H2,1-2H3. The minimum Gasteiger partial charge on any atom is -0.0949 e. The van der Waals surface area contributed by atoms with Crippen LogP contribution in [0, 0.1) is 6.92 Å². The molecule has 0 N–H and O–H groups in total. The lowest BCUT2D eigenvalue weighted by Crippen LogP contribution is -1.94. The monoisotopic (exact) mass is 306 g/mol. The molecule has 0 amide bonds. The van der Waals surface area contributed by atoms with Crippen LogP contribution in [0.1, 0.15) is 61.3 Å². The largest absolute Gasteiger partial charge is 0.0949 e. The quantitative estimate of drug-likeness (QED) is 0.449. The topological polar surface area (TPSA) is 0 Å². The zero-order valence-corrected chi connectivity index (χ0v) is 14.8. The van der Waals surface area contributed by atoms with E-state index in [0.717, 1.165) is 6.42 Å². The van der Waals surface area contributed by atoms with Crippen LogP contribution in [0.15, 0.2) is 55.1 Å².